The average Bonchev–Trinajstić information content (AvgIpc) is 2.71. The molecule has 1 saturated carbocycles. The van der Waals surface area contributed by atoms with Gasteiger partial charge < -0.3 is 5.11 Å². The number of hydrogen-bond donors (Lipinski definition) is 1. The Kier molecular flexibility index (Phi) is 1.82. The average molecular weight is 208 g/mol. The number of likely N-dealkylation sites (tertiary alicyclic amines) is 1. The van der Waals surface area contributed by atoms with Crippen LogP contribution in [0.2, 0.25) is 0 Å². The Hall–Kier alpha value is -1.24. The van der Waals surface area contributed by atoms with Crippen molar-refractivity contribution in [1.82, 2.24) is 4.90 Å². The second-order valence-corrected chi connectivity index (χ2v) is 5.61. The molecule has 0 spiro atoms. The van der Waals surface area contributed by atoms with E-state index in [1.54, 1.807) is 0 Å². The van der Waals surface area contributed by atoms with Crippen LogP contribution in [0.3, 0.4) is 0 Å². The van der Waals surface area contributed by atoms with Crippen molar-refractivity contribution in [2.24, 2.45) is 11.3 Å². The number of rotatable bonds is 0. The van der Waals surface area contributed by atoms with Crippen molar-refractivity contribution in [2.45, 2.75) is 45.2 Å². The van der Waals surface area contributed by atoms with Crippen molar-refractivity contribution in [3.05, 3.63) is 0 Å². The molecular formula is C11H16N2O2. The molecular weight excluding hydrogens is 192 g/mol. The summed E-state index contributed by atoms with van der Waals surface area (Å²) in [5.74, 6) is 0.387. The summed E-state index contributed by atoms with van der Waals surface area (Å²) in [5.41, 5.74) is -0.360. The van der Waals surface area contributed by atoms with Crippen molar-refractivity contribution >= 4 is 6.09 Å². The van der Waals surface area contributed by atoms with Gasteiger partial charge in [0.1, 0.15) is 6.04 Å². The zero-order valence-electron chi connectivity index (χ0n) is 9.32. The summed E-state index contributed by atoms with van der Waals surface area (Å²) in [6.07, 6.45) is 0.678. The van der Waals surface area contributed by atoms with Crippen LogP contribution < -0.4 is 0 Å². The molecule has 0 unspecified atom stereocenters. The third-order valence-corrected chi connectivity index (χ3v) is 3.98. The zero-order chi connectivity index (χ0) is 11.4. The van der Waals surface area contributed by atoms with Gasteiger partial charge in [0, 0.05) is 0 Å². The molecule has 0 aromatic heterocycles. The van der Waals surface area contributed by atoms with E-state index in [1.807, 2.05) is 0 Å². The first kappa shape index (κ1) is 10.3. The van der Waals surface area contributed by atoms with Gasteiger partial charge in [0.25, 0.3) is 0 Å². The quantitative estimate of drug-likeness (QED) is 0.662. The predicted molar refractivity (Wildman–Crippen MR) is 54.2 cm³/mol. The smallest absolute Gasteiger partial charge is 0.408 e. The molecule has 0 bridgehead atoms. The van der Waals surface area contributed by atoms with Gasteiger partial charge in [-0.3, -0.25) is 4.90 Å². The first-order valence-corrected chi connectivity index (χ1v) is 5.26. The van der Waals surface area contributed by atoms with E-state index in [-0.39, 0.29) is 11.0 Å². The molecule has 3 atom stereocenters. The predicted octanol–water partition coefficient (Wildman–Crippen LogP) is 2.07. The van der Waals surface area contributed by atoms with Gasteiger partial charge >= 0.3 is 6.09 Å². The van der Waals surface area contributed by atoms with Crippen LogP contribution in [-0.2, 0) is 0 Å². The van der Waals surface area contributed by atoms with Crippen LogP contribution in [-0.4, -0.2) is 27.7 Å². The van der Waals surface area contributed by atoms with E-state index in [1.165, 1.54) is 4.90 Å². The number of fused-ring (bicyclic) bond motifs is 1. The highest BCUT2D eigenvalue weighted by molar-refractivity contribution is 5.69. The fourth-order valence-electron chi connectivity index (χ4n) is 3.24. The molecule has 4 nitrogen and oxygen atoms in total. The Morgan fingerprint density at radius 3 is 2.60 bits per heavy atom. The number of nitrogens with zero attached hydrogens (tertiary/aromatic N) is 2. The normalized spacial score (nSPS) is 38.4. The number of amides is 1. The van der Waals surface area contributed by atoms with Crippen LogP contribution in [0.4, 0.5) is 4.79 Å². The maximum Gasteiger partial charge on any atom is 0.408 e. The van der Waals surface area contributed by atoms with Gasteiger partial charge in [-0.1, -0.05) is 20.8 Å². The van der Waals surface area contributed by atoms with Crippen LogP contribution in [0.1, 0.15) is 33.6 Å². The van der Waals surface area contributed by atoms with Crippen LogP contribution in [0.5, 0.6) is 0 Å². The van der Waals surface area contributed by atoms with Crippen LogP contribution in [0.15, 0.2) is 0 Å². The summed E-state index contributed by atoms with van der Waals surface area (Å²) in [5, 5.41) is 18.2. The number of piperidine rings is 1. The van der Waals surface area contributed by atoms with Crippen molar-refractivity contribution in [1.29, 1.82) is 5.26 Å². The summed E-state index contributed by atoms with van der Waals surface area (Å²) in [7, 11) is 0. The van der Waals surface area contributed by atoms with Crippen molar-refractivity contribution in [3.8, 4) is 6.07 Å². The Bertz CT molecular complexity index is 353. The van der Waals surface area contributed by atoms with E-state index < -0.39 is 12.1 Å². The van der Waals surface area contributed by atoms with E-state index in [4.69, 9.17) is 5.26 Å². The fourth-order valence-corrected chi connectivity index (χ4v) is 3.24. The maximum atomic E-state index is 11.2. The van der Waals surface area contributed by atoms with Crippen molar-refractivity contribution in [3.63, 3.8) is 0 Å². The van der Waals surface area contributed by atoms with Gasteiger partial charge in [-0.2, -0.15) is 5.26 Å². The zero-order valence-corrected chi connectivity index (χ0v) is 9.32. The first-order chi connectivity index (χ1) is 6.84. The molecule has 1 aliphatic heterocycles. The van der Waals surface area contributed by atoms with E-state index >= 15 is 0 Å². The minimum Gasteiger partial charge on any atom is -0.465 e. The number of carbonyl (C=O) groups is 1. The molecule has 2 fully saturated rings. The van der Waals surface area contributed by atoms with E-state index in [2.05, 4.69) is 26.8 Å². The lowest BCUT2D eigenvalue weighted by molar-refractivity contribution is 0.0710. The van der Waals surface area contributed by atoms with Crippen molar-refractivity contribution in [2.75, 3.05) is 0 Å². The third-order valence-electron chi connectivity index (χ3n) is 3.98. The van der Waals surface area contributed by atoms with Crippen LogP contribution >= 0.6 is 0 Å². The molecule has 82 valence electrons. The molecule has 0 aromatic rings. The Morgan fingerprint density at radius 1 is 1.60 bits per heavy atom. The molecule has 0 aromatic carbocycles. The summed E-state index contributed by atoms with van der Waals surface area (Å²) < 4.78 is 0. The lowest BCUT2D eigenvalue weighted by atomic mass is 9.82. The van der Waals surface area contributed by atoms with Gasteiger partial charge in [-0.15, -0.1) is 0 Å². The summed E-state index contributed by atoms with van der Waals surface area (Å²) in [6.45, 7) is 6.17. The fraction of sp³-hybridized carbons (Fsp3) is 0.818. The molecule has 1 heterocycles. The monoisotopic (exact) mass is 208 g/mol. The SMILES string of the molecule is CC(C)(C)[C@]12C[C@@H]1C[C@@H](C#N)N2C(=O)O. The largest absolute Gasteiger partial charge is 0.465 e. The number of carboxylic acid groups (broad SMARTS) is 1. The Morgan fingerprint density at radius 2 is 2.20 bits per heavy atom. The molecule has 2 aliphatic rings. The topological polar surface area (TPSA) is 64.3 Å². The molecule has 1 saturated heterocycles. The first-order valence-electron chi connectivity index (χ1n) is 5.26. The lowest BCUT2D eigenvalue weighted by Crippen LogP contribution is -2.50. The summed E-state index contributed by atoms with van der Waals surface area (Å²) >= 11 is 0. The Labute approximate surface area is 89.5 Å². The minimum absolute atomic E-state index is 0.0817. The summed E-state index contributed by atoms with van der Waals surface area (Å²) in [4.78, 5) is 12.6. The lowest BCUT2D eigenvalue weighted by Gasteiger charge is -2.38. The van der Waals surface area contributed by atoms with Gasteiger partial charge in [0.05, 0.1) is 11.6 Å². The van der Waals surface area contributed by atoms with Gasteiger partial charge in [0.15, 0.2) is 0 Å². The molecule has 1 aliphatic carbocycles. The van der Waals surface area contributed by atoms with Gasteiger partial charge in [-0.25, -0.2) is 4.79 Å². The molecule has 1 N–H and O–H groups in total. The van der Waals surface area contributed by atoms with Crippen LogP contribution in [0.25, 0.3) is 0 Å². The molecule has 4 heteroatoms. The van der Waals surface area contributed by atoms with E-state index in [0.717, 1.165) is 6.42 Å². The second kappa shape index (κ2) is 2.66. The van der Waals surface area contributed by atoms with Crippen LogP contribution in [0, 0.1) is 22.7 Å². The van der Waals surface area contributed by atoms with Gasteiger partial charge in [0.2, 0.25) is 0 Å². The highest BCUT2D eigenvalue weighted by Crippen LogP contribution is 2.65. The summed E-state index contributed by atoms with van der Waals surface area (Å²) in [6, 6.07) is 1.65. The third kappa shape index (κ3) is 1.09. The number of hydrogen-bond acceptors (Lipinski definition) is 2. The second-order valence-electron chi connectivity index (χ2n) is 5.61. The van der Waals surface area contributed by atoms with E-state index in [9.17, 15) is 9.90 Å². The highest BCUT2D eigenvalue weighted by Gasteiger charge is 2.71. The minimum atomic E-state index is -0.948. The maximum absolute atomic E-state index is 11.2. The van der Waals surface area contributed by atoms with E-state index in [0.29, 0.717) is 12.3 Å². The van der Waals surface area contributed by atoms with Crippen molar-refractivity contribution < 1.29 is 9.90 Å². The highest BCUT2D eigenvalue weighted by atomic mass is 16.4. The Balaban J connectivity index is 2.38. The van der Waals surface area contributed by atoms with Gasteiger partial charge in [-0.05, 0) is 24.2 Å². The standard InChI is InChI=1S/C11H16N2O2/c1-10(2,3)11-5-7(11)4-8(6-12)13(11)9(14)15/h7-8H,4-5H2,1-3H3,(H,14,15)/t7-,8-,11-/m0/s1. The molecule has 15 heavy (non-hydrogen) atoms. The molecule has 0 radical (unpaired) electrons. The number of nitriles is 1. The molecule has 1 amide bonds. The molecule has 2 rings (SSSR count).